The Labute approximate surface area is 188 Å². The molecule has 0 unspecified atom stereocenters. The number of aliphatic hydroxyl groups excluding tert-OH is 1. The van der Waals surface area contributed by atoms with Crippen LogP contribution in [-0.4, -0.2) is 50.7 Å². The Bertz CT molecular complexity index is 692. The van der Waals surface area contributed by atoms with Crippen molar-refractivity contribution >= 4 is 5.97 Å². The largest absolute Gasteiger partial charge is 0.463 e. The highest BCUT2D eigenvalue weighted by molar-refractivity contribution is 5.77. The van der Waals surface area contributed by atoms with Gasteiger partial charge < -0.3 is 19.3 Å². The smallest absolute Gasteiger partial charge is 0.312 e. The van der Waals surface area contributed by atoms with E-state index in [0.717, 1.165) is 25.7 Å². The molecule has 1 N–H and O–H groups in total. The van der Waals surface area contributed by atoms with Crippen molar-refractivity contribution in [2.24, 2.45) is 22.7 Å². The lowest BCUT2D eigenvalue weighted by Gasteiger charge is -2.58. The summed E-state index contributed by atoms with van der Waals surface area (Å²) in [7, 11) is 0. The Morgan fingerprint density at radius 2 is 1.74 bits per heavy atom. The molecule has 31 heavy (non-hydrogen) atoms. The fraction of sp³-hybridized carbons (Fsp3) is 0.808. The van der Waals surface area contributed by atoms with Gasteiger partial charge in [0.25, 0.3) is 0 Å². The van der Waals surface area contributed by atoms with E-state index in [4.69, 9.17) is 19.3 Å². The minimum absolute atomic E-state index is 0.0184. The molecular formula is C26H42O5. The molecule has 5 heteroatoms. The molecule has 4 atom stereocenters. The second-order valence-corrected chi connectivity index (χ2v) is 10.3. The second-order valence-electron chi connectivity index (χ2n) is 10.3. The number of carbonyl (C=O) groups excluding carboxylic acids is 1. The predicted octanol–water partition coefficient (Wildman–Crippen LogP) is 4.83. The average Bonchev–Trinajstić information content (AvgIpc) is 2.75. The minimum atomic E-state index is -0.403. The molecule has 176 valence electrons. The van der Waals surface area contributed by atoms with Gasteiger partial charge in [-0.15, -0.1) is 0 Å². The highest BCUT2D eigenvalue weighted by Gasteiger charge is 2.58. The molecule has 3 rings (SSSR count). The molecule has 0 heterocycles. The highest BCUT2D eigenvalue weighted by Crippen LogP contribution is 2.63. The summed E-state index contributed by atoms with van der Waals surface area (Å²) in [6.07, 6.45) is 10.3. The first-order chi connectivity index (χ1) is 14.8. The van der Waals surface area contributed by atoms with Gasteiger partial charge in [0.1, 0.15) is 6.61 Å². The number of rotatable bonds is 9. The molecule has 0 saturated heterocycles. The van der Waals surface area contributed by atoms with E-state index in [9.17, 15) is 4.79 Å². The number of esters is 1. The van der Waals surface area contributed by atoms with Crippen LogP contribution in [0.4, 0.5) is 0 Å². The van der Waals surface area contributed by atoms with E-state index >= 15 is 0 Å². The molecule has 0 spiro atoms. The topological polar surface area (TPSA) is 65.0 Å². The van der Waals surface area contributed by atoms with Crippen LogP contribution in [-0.2, 0) is 19.0 Å². The predicted molar refractivity (Wildman–Crippen MR) is 122 cm³/mol. The van der Waals surface area contributed by atoms with E-state index < -0.39 is 5.41 Å². The van der Waals surface area contributed by atoms with Crippen molar-refractivity contribution in [2.45, 2.75) is 72.6 Å². The normalized spacial score (nSPS) is 32.7. The number of allylic oxidation sites excluding steroid dienone is 4. The van der Waals surface area contributed by atoms with Crippen LogP contribution in [0.25, 0.3) is 0 Å². The van der Waals surface area contributed by atoms with Crippen LogP contribution in [0.5, 0.6) is 0 Å². The lowest BCUT2D eigenvalue weighted by atomic mass is 9.46. The van der Waals surface area contributed by atoms with Crippen LogP contribution < -0.4 is 0 Å². The van der Waals surface area contributed by atoms with Gasteiger partial charge in [-0.2, -0.15) is 0 Å². The third-order valence-electron chi connectivity index (χ3n) is 8.18. The lowest BCUT2D eigenvalue weighted by Crippen LogP contribution is -2.54. The van der Waals surface area contributed by atoms with Crippen LogP contribution in [0.3, 0.4) is 0 Å². The van der Waals surface area contributed by atoms with Crippen LogP contribution in [0, 0.1) is 22.7 Å². The van der Waals surface area contributed by atoms with E-state index in [0.29, 0.717) is 38.3 Å². The second kappa shape index (κ2) is 10.6. The summed E-state index contributed by atoms with van der Waals surface area (Å²) in [6, 6.07) is 0. The third kappa shape index (κ3) is 5.26. The Morgan fingerprint density at radius 1 is 1.03 bits per heavy atom. The van der Waals surface area contributed by atoms with Gasteiger partial charge in [-0.25, -0.2) is 0 Å². The number of ether oxygens (including phenoxy) is 3. The molecule has 5 nitrogen and oxygen atoms in total. The first kappa shape index (κ1) is 24.5. The molecule has 0 amide bonds. The fourth-order valence-corrected chi connectivity index (χ4v) is 6.55. The summed E-state index contributed by atoms with van der Waals surface area (Å²) in [5, 5.41) is 8.69. The summed E-state index contributed by atoms with van der Waals surface area (Å²) < 4.78 is 16.4. The Balaban J connectivity index is 1.60. The van der Waals surface area contributed by atoms with Crippen LogP contribution in [0.15, 0.2) is 22.8 Å². The summed E-state index contributed by atoms with van der Waals surface area (Å²) in [6.45, 7) is 10.9. The van der Waals surface area contributed by atoms with Crippen molar-refractivity contribution in [1.29, 1.82) is 0 Å². The summed E-state index contributed by atoms with van der Waals surface area (Å²) in [5.41, 5.74) is 4.37. The van der Waals surface area contributed by atoms with Gasteiger partial charge in [0.15, 0.2) is 0 Å². The summed E-state index contributed by atoms with van der Waals surface area (Å²) in [4.78, 5) is 13.2. The van der Waals surface area contributed by atoms with E-state index in [1.807, 2.05) is 0 Å². The van der Waals surface area contributed by atoms with Gasteiger partial charge >= 0.3 is 5.97 Å². The van der Waals surface area contributed by atoms with Crippen molar-refractivity contribution in [3.05, 3.63) is 22.8 Å². The Morgan fingerprint density at radius 3 is 2.45 bits per heavy atom. The first-order valence-electron chi connectivity index (χ1n) is 12.1. The minimum Gasteiger partial charge on any atom is -0.463 e. The number of aliphatic hydroxyl groups is 1. The van der Waals surface area contributed by atoms with Crippen LogP contribution >= 0.6 is 0 Å². The molecule has 0 aromatic carbocycles. The number of carbonyl (C=O) groups is 1. The molecule has 3 aliphatic carbocycles. The molecule has 0 aliphatic heterocycles. The SMILES string of the molecule is CC(C)=C1C=C2CC[C@@H]3[C@](C)(CCC[C@@]3(C)C(=O)OCCOCCOCCO)[C@H]2CC1. The van der Waals surface area contributed by atoms with Crippen molar-refractivity contribution in [2.75, 3.05) is 39.6 Å². The maximum Gasteiger partial charge on any atom is 0.312 e. The van der Waals surface area contributed by atoms with Crippen molar-refractivity contribution in [3.63, 3.8) is 0 Å². The van der Waals surface area contributed by atoms with Crippen molar-refractivity contribution in [1.82, 2.24) is 0 Å². The zero-order valence-electron chi connectivity index (χ0n) is 20.0. The van der Waals surface area contributed by atoms with Gasteiger partial charge in [-0.3, -0.25) is 4.79 Å². The van der Waals surface area contributed by atoms with Crippen LogP contribution in [0.2, 0.25) is 0 Å². The fourth-order valence-electron chi connectivity index (χ4n) is 6.55. The monoisotopic (exact) mass is 434 g/mol. The maximum atomic E-state index is 13.2. The van der Waals surface area contributed by atoms with Gasteiger partial charge in [0.05, 0.1) is 38.4 Å². The van der Waals surface area contributed by atoms with Crippen LogP contribution in [0.1, 0.15) is 72.6 Å². The maximum absolute atomic E-state index is 13.2. The average molecular weight is 435 g/mol. The van der Waals surface area contributed by atoms with Gasteiger partial charge in [0, 0.05) is 0 Å². The standard InChI is InChI=1S/C26H42O5/c1-19(2)20-6-8-22-21(18-20)7-9-23-25(22,3)10-5-11-26(23,4)24(28)31-17-16-30-15-14-29-13-12-27/h18,22-23,27H,5-17H2,1-4H3/t22-,23+,25+,26+/m0/s1. The number of fused-ring (bicyclic) bond motifs is 3. The zero-order chi connectivity index (χ0) is 22.5. The summed E-state index contributed by atoms with van der Waals surface area (Å²) in [5.74, 6) is 0.935. The van der Waals surface area contributed by atoms with E-state index in [1.165, 1.54) is 30.4 Å². The first-order valence-corrected chi connectivity index (χ1v) is 12.1. The number of hydrogen-bond donors (Lipinski definition) is 1. The van der Waals surface area contributed by atoms with E-state index in [1.54, 1.807) is 5.57 Å². The molecular weight excluding hydrogens is 392 g/mol. The Kier molecular flexibility index (Phi) is 8.39. The van der Waals surface area contributed by atoms with Crippen molar-refractivity contribution in [3.8, 4) is 0 Å². The van der Waals surface area contributed by atoms with Gasteiger partial charge in [-0.1, -0.05) is 30.6 Å². The molecule has 0 aromatic rings. The zero-order valence-corrected chi connectivity index (χ0v) is 20.0. The molecule has 3 aliphatic rings. The molecule has 0 bridgehead atoms. The van der Waals surface area contributed by atoms with E-state index in [2.05, 4.69) is 33.8 Å². The Hall–Kier alpha value is -1.17. The molecule has 0 radical (unpaired) electrons. The van der Waals surface area contributed by atoms with Gasteiger partial charge in [-0.05, 0) is 82.1 Å². The van der Waals surface area contributed by atoms with E-state index in [-0.39, 0.29) is 24.6 Å². The lowest BCUT2D eigenvalue weighted by molar-refractivity contribution is -0.172. The van der Waals surface area contributed by atoms with Gasteiger partial charge in [0.2, 0.25) is 0 Å². The van der Waals surface area contributed by atoms with Crippen molar-refractivity contribution < 1.29 is 24.1 Å². The highest BCUT2D eigenvalue weighted by atomic mass is 16.6. The molecule has 2 fully saturated rings. The third-order valence-corrected chi connectivity index (χ3v) is 8.18. The molecule has 0 aromatic heterocycles. The summed E-state index contributed by atoms with van der Waals surface area (Å²) >= 11 is 0. The quantitative estimate of drug-likeness (QED) is 0.416. The number of hydrogen-bond acceptors (Lipinski definition) is 5. The molecule has 2 saturated carbocycles.